The van der Waals surface area contributed by atoms with E-state index in [4.69, 9.17) is 4.98 Å². The van der Waals surface area contributed by atoms with Gasteiger partial charge in [-0.25, -0.2) is 4.98 Å². The Hall–Kier alpha value is -1.75. The number of para-hydroxylation sites is 1. The second kappa shape index (κ2) is 5.93. The van der Waals surface area contributed by atoms with Crippen LogP contribution in [0.25, 0.3) is 10.2 Å². The Morgan fingerprint density at radius 3 is 2.67 bits per heavy atom. The number of likely N-dealkylation sites (tertiary alicyclic amines) is 1. The van der Waals surface area contributed by atoms with Gasteiger partial charge in [0, 0.05) is 19.0 Å². The molecule has 0 radical (unpaired) electrons. The van der Waals surface area contributed by atoms with Gasteiger partial charge in [0.2, 0.25) is 5.91 Å². The topological polar surface area (TPSA) is 50.3 Å². The number of carbonyl (C=O) groups excluding carboxylic acids is 2. The average Bonchev–Trinajstić information content (AvgIpc) is 2.90. The zero-order valence-electron chi connectivity index (χ0n) is 12.0. The predicted octanol–water partition coefficient (Wildman–Crippen LogP) is 2.98. The number of hydrogen-bond donors (Lipinski definition) is 0. The minimum absolute atomic E-state index is 0.0335. The van der Waals surface area contributed by atoms with Crippen LogP contribution in [-0.2, 0) is 9.59 Å². The summed E-state index contributed by atoms with van der Waals surface area (Å²) in [6, 6.07) is 8.19. The third kappa shape index (κ3) is 3.13. The molecule has 1 amide bonds. The van der Waals surface area contributed by atoms with E-state index in [2.05, 4.69) is 6.07 Å². The van der Waals surface area contributed by atoms with Gasteiger partial charge < -0.3 is 4.90 Å². The lowest BCUT2D eigenvalue weighted by Gasteiger charge is -2.31. The predicted molar refractivity (Wildman–Crippen MR) is 83.5 cm³/mol. The van der Waals surface area contributed by atoms with Crippen molar-refractivity contribution >= 4 is 33.2 Å². The standard InChI is InChI=1S/C16H18N2O2S/c1-11(19)10-15(20)18-8-6-12(7-9-18)16-17-13-4-2-3-5-14(13)21-16/h2-5,12H,6-10H2,1H3. The van der Waals surface area contributed by atoms with Gasteiger partial charge in [-0.15, -0.1) is 11.3 Å². The maximum Gasteiger partial charge on any atom is 0.230 e. The molecule has 0 bridgehead atoms. The molecular weight excluding hydrogens is 284 g/mol. The zero-order chi connectivity index (χ0) is 14.8. The van der Waals surface area contributed by atoms with Gasteiger partial charge in [0.15, 0.2) is 0 Å². The molecule has 0 saturated carbocycles. The van der Waals surface area contributed by atoms with Gasteiger partial charge in [-0.1, -0.05) is 12.1 Å². The van der Waals surface area contributed by atoms with Crippen LogP contribution >= 0.6 is 11.3 Å². The van der Waals surface area contributed by atoms with Gasteiger partial charge in [0.1, 0.15) is 5.78 Å². The number of aromatic nitrogens is 1. The van der Waals surface area contributed by atoms with E-state index in [1.807, 2.05) is 23.1 Å². The fourth-order valence-electron chi connectivity index (χ4n) is 2.77. The summed E-state index contributed by atoms with van der Waals surface area (Å²) < 4.78 is 1.22. The number of thiazole rings is 1. The van der Waals surface area contributed by atoms with Crippen molar-refractivity contribution < 1.29 is 9.59 Å². The van der Waals surface area contributed by atoms with Crippen molar-refractivity contribution in [3.63, 3.8) is 0 Å². The molecule has 110 valence electrons. The molecule has 1 aliphatic rings. The van der Waals surface area contributed by atoms with E-state index in [0.717, 1.165) is 31.4 Å². The number of carbonyl (C=O) groups is 2. The molecule has 3 rings (SSSR count). The molecule has 2 heterocycles. The van der Waals surface area contributed by atoms with E-state index in [0.29, 0.717) is 5.92 Å². The van der Waals surface area contributed by atoms with Gasteiger partial charge in [0.25, 0.3) is 0 Å². The van der Waals surface area contributed by atoms with Crippen LogP contribution in [0, 0.1) is 0 Å². The van der Waals surface area contributed by atoms with Crippen molar-refractivity contribution in [3.8, 4) is 0 Å². The lowest BCUT2D eigenvalue weighted by molar-refractivity contribution is -0.135. The van der Waals surface area contributed by atoms with Crippen LogP contribution in [0.4, 0.5) is 0 Å². The van der Waals surface area contributed by atoms with Crippen LogP contribution in [0.5, 0.6) is 0 Å². The summed E-state index contributed by atoms with van der Waals surface area (Å²) in [5, 5.41) is 1.18. The van der Waals surface area contributed by atoms with Crippen molar-refractivity contribution in [1.82, 2.24) is 9.88 Å². The van der Waals surface area contributed by atoms with E-state index in [1.165, 1.54) is 16.6 Å². The Bertz CT molecular complexity index is 639. The molecule has 1 aromatic carbocycles. The van der Waals surface area contributed by atoms with Gasteiger partial charge in [-0.3, -0.25) is 9.59 Å². The van der Waals surface area contributed by atoms with Gasteiger partial charge in [-0.2, -0.15) is 0 Å². The first-order valence-electron chi connectivity index (χ1n) is 7.26. The van der Waals surface area contributed by atoms with E-state index < -0.39 is 0 Å². The highest BCUT2D eigenvalue weighted by Gasteiger charge is 2.26. The summed E-state index contributed by atoms with van der Waals surface area (Å²) in [5.41, 5.74) is 1.06. The summed E-state index contributed by atoms with van der Waals surface area (Å²) in [7, 11) is 0. The molecule has 0 aliphatic carbocycles. The molecule has 1 saturated heterocycles. The fourth-order valence-corrected chi connectivity index (χ4v) is 3.90. The largest absolute Gasteiger partial charge is 0.342 e. The van der Waals surface area contributed by atoms with Gasteiger partial charge in [0.05, 0.1) is 21.6 Å². The van der Waals surface area contributed by atoms with Crippen molar-refractivity contribution in [2.75, 3.05) is 13.1 Å². The van der Waals surface area contributed by atoms with E-state index in [-0.39, 0.29) is 18.1 Å². The Labute approximate surface area is 127 Å². The summed E-state index contributed by atoms with van der Waals surface area (Å²) in [5.74, 6) is 0.335. The zero-order valence-corrected chi connectivity index (χ0v) is 12.9. The maximum atomic E-state index is 11.9. The number of hydrogen-bond acceptors (Lipinski definition) is 4. The van der Waals surface area contributed by atoms with Crippen LogP contribution in [0.1, 0.15) is 37.1 Å². The van der Waals surface area contributed by atoms with Crippen LogP contribution in [0.15, 0.2) is 24.3 Å². The van der Waals surface area contributed by atoms with Crippen LogP contribution in [0.3, 0.4) is 0 Å². The van der Waals surface area contributed by atoms with Crippen molar-refractivity contribution in [2.24, 2.45) is 0 Å². The number of amides is 1. The quantitative estimate of drug-likeness (QED) is 0.819. The number of benzene rings is 1. The van der Waals surface area contributed by atoms with E-state index >= 15 is 0 Å². The molecule has 0 unspecified atom stereocenters. The summed E-state index contributed by atoms with van der Waals surface area (Å²) in [4.78, 5) is 29.4. The van der Waals surface area contributed by atoms with Crippen molar-refractivity contribution in [2.45, 2.75) is 32.1 Å². The smallest absolute Gasteiger partial charge is 0.230 e. The first-order chi connectivity index (χ1) is 10.1. The molecule has 2 aromatic rings. The van der Waals surface area contributed by atoms with Crippen LogP contribution < -0.4 is 0 Å². The second-order valence-corrected chi connectivity index (χ2v) is 6.62. The molecule has 0 spiro atoms. The molecule has 21 heavy (non-hydrogen) atoms. The molecule has 0 N–H and O–H groups in total. The second-order valence-electron chi connectivity index (χ2n) is 5.55. The number of piperidine rings is 1. The number of rotatable bonds is 3. The number of fused-ring (bicyclic) bond motifs is 1. The molecule has 4 nitrogen and oxygen atoms in total. The molecular formula is C16H18N2O2S. The Kier molecular flexibility index (Phi) is 4.01. The number of nitrogens with zero attached hydrogens (tertiary/aromatic N) is 2. The highest BCUT2D eigenvalue weighted by Crippen LogP contribution is 2.33. The first kappa shape index (κ1) is 14.2. The monoisotopic (exact) mass is 302 g/mol. The van der Waals surface area contributed by atoms with Crippen LogP contribution in [-0.4, -0.2) is 34.7 Å². The fraction of sp³-hybridized carbons (Fsp3) is 0.438. The lowest BCUT2D eigenvalue weighted by atomic mass is 9.97. The Morgan fingerprint density at radius 2 is 2.00 bits per heavy atom. The van der Waals surface area contributed by atoms with Gasteiger partial charge >= 0.3 is 0 Å². The molecule has 0 atom stereocenters. The summed E-state index contributed by atoms with van der Waals surface area (Å²) >= 11 is 1.76. The highest BCUT2D eigenvalue weighted by molar-refractivity contribution is 7.18. The van der Waals surface area contributed by atoms with Crippen molar-refractivity contribution in [1.29, 1.82) is 0 Å². The third-order valence-corrected chi connectivity index (χ3v) is 5.11. The normalized spacial score (nSPS) is 16.3. The molecule has 1 aromatic heterocycles. The van der Waals surface area contributed by atoms with Gasteiger partial charge in [-0.05, 0) is 31.9 Å². The first-order valence-corrected chi connectivity index (χ1v) is 8.08. The minimum atomic E-state index is -0.0618. The Morgan fingerprint density at radius 1 is 1.29 bits per heavy atom. The highest BCUT2D eigenvalue weighted by atomic mass is 32.1. The minimum Gasteiger partial charge on any atom is -0.342 e. The lowest BCUT2D eigenvalue weighted by Crippen LogP contribution is -2.38. The average molecular weight is 302 g/mol. The Balaban J connectivity index is 1.65. The van der Waals surface area contributed by atoms with Crippen molar-refractivity contribution in [3.05, 3.63) is 29.3 Å². The molecule has 1 aliphatic heterocycles. The van der Waals surface area contributed by atoms with Crippen LogP contribution in [0.2, 0.25) is 0 Å². The molecule has 5 heteroatoms. The SMILES string of the molecule is CC(=O)CC(=O)N1CCC(c2nc3ccccc3s2)CC1. The van der Waals surface area contributed by atoms with E-state index in [1.54, 1.807) is 11.3 Å². The molecule has 1 fully saturated rings. The maximum absolute atomic E-state index is 11.9. The number of ketones is 1. The summed E-state index contributed by atoms with van der Waals surface area (Å²) in [6.45, 7) is 2.92. The van der Waals surface area contributed by atoms with E-state index in [9.17, 15) is 9.59 Å². The number of Topliss-reactive ketones (excluding diaryl/α,β-unsaturated/α-hetero) is 1. The summed E-state index contributed by atoms with van der Waals surface area (Å²) in [6.07, 6.45) is 1.90. The third-order valence-electron chi connectivity index (χ3n) is 3.91.